The third-order valence-electron chi connectivity index (χ3n) is 5.83. The van der Waals surface area contributed by atoms with Gasteiger partial charge in [0.2, 0.25) is 5.88 Å². The minimum Gasteiger partial charge on any atom is -0.474 e. The van der Waals surface area contributed by atoms with Crippen molar-refractivity contribution in [1.29, 1.82) is 0 Å². The van der Waals surface area contributed by atoms with Gasteiger partial charge in [0.1, 0.15) is 12.7 Å². The van der Waals surface area contributed by atoms with Crippen molar-refractivity contribution in [3.63, 3.8) is 0 Å². The molecule has 33 heavy (non-hydrogen) atoms. The van der Waals surface area contributed by atoms with Crippen molar-refractivity contribution in [3.8, 4) is 11.6 Å². The van der Waals surface area contributed by atoms with Crippen LogP contribution < -0.4 is 4.74 Å². The number of morpholine rings is 1. The molecule has 2 atom stereocenters. The zero-order valence-electron chi connectivity index (χ0n) is 18.6. The molecular formula is C25H25N5O3. The van der Waals surface area contributed by atoms with Gasteiger partial charge in [-0.25, -0.2) is 4.98 Å². The Bertz CT molecular complexity index is 1270. The number of rotatable bonds is 5. The standard InChI is InChI=1S/C25H25N5O3/c1-17-7-8-23(30-27-11-12-28-30)22(13-17)25(31)29-14-20(32-15-18(29)2)16-33-24-21-6-4-3-5-19(21)9-10-26-24/h3-13,18,20H,14-16H2,1-2H3/t18-,20-/m1/s1. The highest BCUT2D eigenvalue weighted by molar-refractivity contribution is 5.98. The molecule has 0 unspecified atom stereocenters. The van der Waals surface area contributed by atoms with Crippen LogP contribution in [0, 0.1) is 6.92 Å². The van der Waals surface area contributed by atoms with E-state index in [1.54, 1.807) is 18.6 Å². The van der Waals surface area contributed by atoms with Crippen LogP contribution in [0.1, 0.15) is 22.8 Å². The molecule has 4 aromatic rings. The van der Waals surface area contributed by atoms with E-state index >= 15 is 0 Å². The molecule has 0 saturated carbocycles. The lowest BCUT2D eigenvalue weighted by atomic mass is 10.1. The van der Waals surface area contributed by atoms with Crippen LogP contribution in [0.4, 0.5) is 0 Å². The maximum absolute atomic E-state index is 13.6. The first kappa shape index (κ1) is 21.1. The number of carbonyl (C=O) groups is 1. The molecule has 3 heterocycles. The van der Waals surface area contributed by atoms with Crippen LogP contribution >= 0.6 is 0 Å². The van der Waals surface area contributed by atoms with E-state index in [0.717, 1.165) is 16.3 Å². The van der Waals surface area contributed by atoms with Crippen LogP contribution in [0.3, 0.4) is 0 Å². The van der Waals surface area contributed by atoms with Gasteiger partial charge in [-0.1, -0.05) is 29.8 Å². The molecule has 0 radical (unpaired) electrons. The molecule has 0 bridgehead atoms. The summed E-state index contributed by atoms with van der Waals surface area (Å²) in [5.41, 5.74) is 2.22. The molecule has 0 spiro atoms. The van der Waals surface area contributed by atoms with Gasteiger partial charge < -0.3 is 14.4 Å². The fraction of sp³-hybridized carbons (Fsp3) is 0.280. The molecule has 1 aliphatic rings. The summed E-state index contributed by atoms with van der Waals surface area (Å²) in [6.07, 6.45) is 4.67. The van der Waals surface area contributed by atoms with E-state index in [4.69, 9.17) is 9.47 Å². The summed E-state index contributed by atoms with van der Waals surface area (Å²) in [4.78, 5) is 21.3. The van der Waals surface area contributed by atoms with E-state index in [1.165, 1.54) is 4.80 Å². The Kier molecular flexibility index (Phi) is 5.75. The third kappa shape index (κ3) is 4.29. The zero-order valence-corrected chi connectivity index (χ0v) is 18.6. The maximum atomic E-state index is 13.6. The average Bonchev–Trinajstić information content (AvgIpc) is 3.38. The second-order valence-corrected chi connectivity index (χ2v) is 8.25. The van der Waals surface area contributed by atoms with E-state index in [-0.39, 0.29) is 18.1 Å². The second-order valence-electron chi connectivity index (χ2n) is 8.25. The third-order valence-corrected chi connectivity index (χ3v) is 5.83. The first-order valence-corrected chi connectivity index (χ1v) is 11.0. The van der Waals surface area contributed by atoms with Gasteiger partial charge in [0.25, 0.3) is 5.91 Å². The maximum Gasteiger partial charge on any atom is 0.256 e. The summed E-state index contributed by atoms with van der Waals surface area (Å²) in [5, 5.41) is 10.4. The van der Waals surface area contributed by atoms with Crippen LogP contribution in [0.25, 0.3) is 16.5 Å². The molecule has 8 nitrogen and oxygen atoms in total. The lowest BCUT2D eigenvalue weighted by Crippen LogP contribution is -2.52. The fourth-order valence-corrected chi connectivity index (χ4v) is 4.07. The van der Waals surface area contributed by atoms with E-state index in [9.17, 15) is 4.79 Å². The number of hydrogen-bond acceptors (Lipinski definition) is 6. The topological polar surface area (TPSA) is 82.4 Å². The van der Waals surface area contributed by atoms with Crippen LogP contribution in [0.2, 0.25) is 0 Å². The molecule has 1 fully saturated rings. The number of carbonyl (C=O) groups excluding carboxylic acids is 1. The van der Waals surface area contributed by atoms with Gasteiger partial charge in [0.15, 0.2) is 0 Å². The number of pyridine rings is 1. The van der Waals surface area contributed by atoms with Crippen molar-refractivity contribution in [2.75, 3.05) is 19.8 Å². The number of nitrogens with zero attached hydrogens (tertiary/aromatic N) is 5. The largest absolute Gasteiger partial charge is 0.474 e. The summed E-state index contributed by atoms with van der Waals surface area (Å²) in [6.45, 7) is 5.12. The van der Waals surface area contributed by atoms with Gasteiger partial charge in [-0.15, -0.1) is 0 Å². The number of amides is 1. The van der Waals surface area contributed by atoms with Gasteiger partial charge >= 0.3 is 0 Å². The Labute approximate surface area is 191 Å². The van der Waals surface area contributed by atoms with Crippen LogP contribution in [0.5, 0.6) is 5.88 Å². The summed E-state index contributed by atoms with van der Waals surface area (Å²) in [6, 6.07) is 15.6. The summed E-state index contributed by atoms with van der Waals surface area (Å²) >= 11 is 0. The highest BCUT2D eigenvalue weighted by Gasteiger charge is 2.32. The second kappa shape index (κ2) is 8.99. The van der Waals surface area contributed by atoms with Gasteiger partial charge in [-0.3, -0.25) is 4.79 Å². The van der Waals surface area contributed by atoms with E-state index in [0.29, 0.717) is 36.9 Å². The molecule has 2 aromatic heterocycles. The zero-order chi connectivity index (χ0) is 22.8. The van der Waals surface area contributed by atoms with Gasteiger partial charge in [0, 0.05) is 11.6 Å². The molecule has 1 saturated heterocycles. The number of ether oxygens (including phenoxy) is 2. The minimum atomic E-state index is -0.262. The predicted octanol–water partition coefficient (Wildman–Crippen LogP) is 3.43. The fourth-order valence-electron chi connectivity index (χ4n) is 4.07. The molecule has 0 aliphatic carbocycles. The Balaban J connectivity index is 1.34. The first-order valence-electron chi connectivity index (χ1n) is 11.0. The lowest BCUT2D eigenvalue weighted by Gasteiger charge is -2.38. The number of benzene rings is 2. The Morgan fingerprint density at radius 2 is 1.94 bits per heavy atom. The molecule has 2 aromatic carbocycles. The Morgan fingerprint density at radius 3 is 2.79 bits per heavy atom. The van der Waals surface area contributed by atoms with Crippen LogP contribution in [0.15, 0.2) is 67.1 Å². The minimum absolute atomic E-state index is 0.0663. The normalized spacial score (nSPS) is 18.4. The molecule has 1 aliphatic heterocycles. The number of fused-ring (bicyclic) bond motifs is 1. The van der Waals surface area contributed by atoms with E-state index in [1.807, 2.05) is 67.3 Å². The number of aryl methyl sites for hydroxylation is 1. The predicted molar refractivity (Wildman–Crippen MR) is 124 cm³/mol. The summed E-state index contributed by atoms with van der Waals surface area (Å²) < 4.78 is 12.0. The van der Waals surface area contributed by atoms with Gasteiger partial charge in [-0.05, 0) is 43.5 Å². The van der Waals surface area contributed by atoms with Crippen molar-refractivity contribution >= 4 is 16.7 Å². The Hall–Kier alpha value is -3.78. The van der Waals surface area contributed by atoms with E-state index < -0.39 is 0 Å². The van der Waals surface area contributed by atoms with Crippen molar-refractivity contribution < 1.29 is 14.3 Å². The van der Waals surface area contributed by atoms with Crippen molar-refractivity contribution in [3.05, 3.63) is 78.2 Å². The van der Waals surface area contributed by atoms with Crippen LogP contribution in [-0.2, 0) is 4.74 Å². The van der Waals surface area contributed by atoms with Gasteiger partial charge in [-0.2, -0.15) is 15.0 Å². The monoisotopic (exact) mass is 443 g/mol. The van der Waals surface area contributed by atoms with Crippen molar-refractivity contribution in [2.24, 2.45) is 0 Å². The van der Waals surface area contributed by atoms with Crippen LogP contribution in [-0.4, -0.2) is 62.7 Å². The lowest BCUT2D eigenvalue weighted by molar-refractivity contribution is -0.0630. The molecule has 168 valence electrons. The highest BCUT2D eigenvalue weighted by Crippen LogP contribution is 2.24. The average molecular weight is 444 g/mol. The van der Waals surface area contributed by atoms with E-state index in [2.05, 4.69) is 15.2 Å². The van der Waals surface area contributed by atoms with Crippen molar-refractivity contribution in [1.82, 2.24) is 24.9 Å². The molecule has 1 amide bonds. The first-order chi connectivity index (χ1) is 16.1. The quantitative estimate of drug-likeness (QED) is 0.470. The van der Waals surface area contributed by atoms with Crippen molar-refractivity contribution in [2.45, 2.75) is 26.0 Å². The number of hydrogen-bond donors (Lipinski definition) is 0. The number of aromatic nitrogens is 4. The molecule has 5 rings (SSSR count). The molecule has 8 heteroatoms. The summed E-state index contributed by atoms with van der Waals surface area (Å²) in [7, 11) is 0. The summed E-state index contributed by atoms with van der Waals surface area (Å²) in [5.74, 6) is 0.494. The Morgan fingerprint density at radius 1 is 1.12 bits per heavy atom. The SMILES string of the molecule is Cc1ccc(-n2nccn2)c(C(=O)N2C[C@H](COc3nccc4ccccc34)OC[C@H]2C)c1. The molecular weight excluding hydrogens is 418 g/mol. The smallest absolute Gasteiger partial charge is 0.256 e. The highest BCUT2D eigenvalue weighted by atomic mass is 16.5. The van der Waals surface area contributed by atoms with Gasteiger partial charge in [0.05, 0.1) is 42.8 Å². The molecule has 0 N–H and O–H groups in total.